The van der Waals surface area contributed by atoms with E-state index in [1.807, 2.05) is 13.0 Å². The van der Waals surface area contributed by atoms with Crippen LogP contribution in [-0.4, -0.2) is 13.0 Å². The van der Waals surface area contributed by atoms with Crippen molar-refractivity contribution in [1.82, 2.24) is 0 Å². The number of amides is 1. The Bertz CT molecular complexity index is 611. The first-order chi connectivity index (χ1) is 9.10. The SMILES string of the molecule is COc1ccc(NC(=O)c2cccc(F)c2)c(C)c1. The van der Waals surface area contributed by atoms with Gasteiger partial charge in [0.05, 0.1) is 7.11 Å². The van der Waals surface area contributed by atoms with Gasteiger partial charge in [-0.2, -0.15) is 0 Å². The number of carbonyl (C=O) groups excluding carboxylic acids is 1. The van der Waals surface area contributed by atoms with Gasteiger partial charge in [0.25, 0.3) is 5.91 Å². The molecule has 0 aromatic heterocycles. The predicted octanol–water partition coefficient (Wildman–Crippen LogP) is 3.40. The molecular formula is C15H14FNO2. The van der Waals surface area contributed by atoms with Gasteiger partial charge in [-0.3, -0.25) is 4.79 Å². The second kappa shape index (κ2) is 5.52. The van der Waals surface area contributed by atoms with Gasteiger partial charge in [0, 0.05) is 11.3 Å². The van der Waals surface area contributed by atoms with Crippen molar-refractivity contribution in [2.24, 2.45) is 0 Å². The van der Waals surface area contributed by atoms with E-state index in [-0.39, 0.29) is 11.5 Å². The third-order valence-corrected chi connectivity index (χ3v) is 2.77. The molecule has 0 saturated heterocycles. The largest absolute Gasteiger partial charge is 0.497 e. The van der Waals surface area contributed by atoms with E-state index in [4.69, 9.17) is 4.74 Å². The maximum Gasteiger partial charge on any atom is 0.255 e. The lowest BCUT2D eigenvalue weighted by molar-refractivity contribution is 0.102. The van der Waals surface area contributed by atoms with Gasteiger partial charge < -0.3 is 10.1 Å². The first kappa shape index (κ1) is 13.1. The summed E-state index contributed by atoms with van der Waals surface area (Å²) in [6.45, 7) is 1.86. The summed E-state index contributed by atoms with van der Waals surface area (Å²) in [5.41, 5.74) is 1.84. The van der Waals surface area contributed by atoms with Gasteiger partial charge in [-0.15, -0.1) is 0 Å². The highest BCUT2D eigenvalue weighted by molar-refractivity contribution is 6.04. The summed E-state index contributed by atoms with van der Waals surface area (Å²) in [5, 5.41) is 2.74. The highest BCUT2D eigenvalue weighted by atomic mass is 19.1. The van der Waals surface area contributed by atoms with Crippen molar-refractivity contribution in [3.05, 3.63) is 59.4 Å². The normalized spacial score (nSPS) is 10.1. The molecule has 0 aliphatic heterocycles. The summed E-state index contributed by atoms with van der Waals surface area (Å²) in [7, 11) is 1.58. The van der Waals surface area contributed by atoms with E-state index in [9.17, 15) is 9.18 Å². The number of halogens is 1. The first-order valence-electron chi connectivity index (χ1n) is 5.81. The Labute approximate surface area is 111 Å². The van der Waals surface area contributed by atoms with Crippen LogP contribution in [0, 0.1) is 12.7 Å². The molecule has 0 bridgehead atoms. The Balaban J connectivity index is 2.19. The molecule has 0 atom stereocenters. The number of benzene rings is 2. The van der Waals surface area contributed by atoms with E-state index >= 15 is 0 Å². The van der Waals surface area contributed by atoms with Gasteiger partial charge in [0.15, 0.2) is 0 Å². The summed E-state index contributed by atoms with van der Waals surface area (Å²) in [5.74, 6) is -0.0480. The standard InChI is InChI=1S/C15H14FNO2/c1-10-8-13(19-2)6-7-14(10)17-15(18)11-4-3-5-12(16)9-11/h3-9H,1-2H3,(H,17,18). The van der Waals surface area contributed by atoms with Gasteiger partial charge in [0.2, 0.25) is 0 Å². The third-order valence-electron chi connectivity index (χ3n) is 2.77. The van der Waals surface area contributed by atoms with Gasteiger partial charge >= 0.3 is 0 Å². The van der Waals surface area contributed by atoms with Gasteiger partial charge in [-0.05, 0) is 48.9 Å². The molecule has 0 heterocycles. The third kappa shape index (κ3) is 3.10. The van der Waals surface area contributed by atoms with E-state index in [1.165, 1.54) is 18.2 Å². The van der Waals surface area contributed by atoms with Gasteiger partial charge in [-0.1, -0.05) is 6.07 Å². The topological polar surface area (TPSA) is 38.3 Å². The predicted molar refractivity (Wildman–Crippen MR) is 72.1 cm³/mol. The zero-order chi connectivity index (χ0) is 13.8. The van der Waals surface area contributed by atoms with Crippen LogP contribution in [0.3, 0.4) is 0 Å². The van der Waals surface area contributed by atoms with Crippen molar-refractivity contribution in [1.29, 1.82) is 0 Å². The summed E-state index contributed by atoms with van der Waals surface area (Å²) >= 11 is 0. The molecule has 0 spiro atoms. The lowest BCUT2D eigenvalue weighted by Crippen LogP contribution is -2.12. The lowest BCUT2D eigenvalue weighted by Gasteiger charge is -2.10. The summed E-state index contributed by atoms with van der Waals surface area (Å²) < 4.78 is 18.1. The fourth-order valence-corrected chi connectivity index (χ4v) is 1.73. The second-order valence-corrected chi connectivity index (χ2v) is 4.15. The Morgan fingerprint density at radius 3 is 2.63 bits per heavy atom. The number of rotatable bonds is 3. The Hall–Kier alpha value is -2.36. The molecular weight excluding hydrogens is 245 g/mol. The Kier molecular flexibility index (Phi) is 3.80. The number of methoxy groups -OCH3 is 1. The van der Waals surface area contributed by atoms with Crippen LogP contribution in [0.25, 0.3) is 0 Å². The number of aryl methyl sites for hydroxylation is 1. The molecule has 0 unspecified atom stereocenters. The number of hydrogen-bond donors (Lipinski definition) is 1. The molecule has 0 fully saturated rings. The Morgan fingerprint density at radius 2 is 2.00 bits per heavy atom. The second-order valence-electron chi connectivity index (χ2n) is 4.15. The van der Waals surface area contributed by atoms with Crippen LogP contribution >= 0.6 is 0 Å². The van der Waals surface area contributed by atoms with Crippen molar-refractivity contribution in [3.63, 3.8) is 0 Å². The molecule has 4 heteroatoms. The maximum absolute atomic E-state index is 13.0. The van der Waals surface area contributed by atoms with Crippen LogP contribution in [0.2, 0.25) is 0 Å². The van der Waals surface area contributed by atoms with Crippen LogP contribution in [0.15, 0.2) is 42.5 Å². The number of ether oxygens (including phenoxy) is 1. The zero-order valence-electron chi connectivity index (χ0n) is 10.7. The van der Waals surface area contributed by atoms with Crippen LogP contribution in [0.1, 0.15) is 15.9 Å². The fraction of sp³-hybridized carbons (Fsp3) is 0.133. The molecule has 0 aliphatic carbocycles. The first-order valence-corrected chi connectivity index (χ1v) is 5.81. The molecule has 2 rings (SSSR count). The van der Waals surface area contributed by atoms with Crippen molar-refractivity contribution >= 4 is 11.6 Å². The summed E-state index contributed by atoms with van der Waals surface area (Å²) in [6.07, 6.45) is 0. The number of anilines is 1. The molecule has 1 amide bonds. The molecule has 0 radical (unpaired) electrons. The van der Waals surface area contributed by atoms with Crippen LogP contribution in [0.4, 0.5) is 10.1 Å². The quantitative estimate of drug-likeness (QED) is 0.917. The van der Waals surface area contributed by atoms with E-state index in [0.29, 0.717) is 5.69 Å². The lowest BCUT2D eigenvalue weighted by atomic mass is 10.1. The molecule has 98 valence electrons. The van der Waals surface area contributed by atoms with Crippen LogP contribution < -0.4 is 10.1 Å². The zero-order valence-corrected chi connectivity index (χ0v) is 10.7. The van der Waals surface area contributed by atoms with E-state index in [0.717, 1.165) is 11.3 Å². The number of carbonyl (C=O) groups is 1. The molecule has 2 aromatic carbocycles. The maximum atomic E-state index is 13.0. The Morgan fingerprint density at radius 1 is 1.21 bits per heavy atom. The average Bonchev–Trinajstić information content (AvgIpc) is 2.41. The highest BCUT2D eigenvalue weighted by Gasteiger charge is 2.08. The van der Waals surface area contributed by atoms with Crippen LogP contribution in [0.5, 0.6) is 5.75 Å². The molecule has 3 nitrogen and oxygen atoms in total. The fourth-order valence-electron chi connectivity index (χ4n) is 1.73. The van der Waals surface area contributed by atoms with E-state index < -0.39 is 5.82 Å². The molecule has 0 saturated carbocycles. The van der Waals surface area contributed by atoms with Gasteiger partial charge in [0.1, 0.15) is 11.6 Å². The minimum Gasteiger partial charge on any atom is -0.497 e. The monoisotopic (exact) mass is 259 g/mol. The minimum atomic E-state index is -0.431. The van der Waals surface area contributed by atoms with Crippen LogP contribution in [-0.2, 0) is 0 Å². The van der Waals surface area contributed by atoms with E-state index in [1.54, 1.807) is 25.3 Å². The van der Waals surface area contributed by atoms with Crippen molar-refractivity contribution in [2.75, 3.05) is 12.4 Å². The smallest absolute Gasteiger partial charge is 0.255 e. The molecule has 1 N–H and O–H groups in total. The molecule has 19 heavy (non-hydrogen) atoms. The molecule has 0 aliphatic rings. The van der Waals surface area contributed by atoms with E-state index in [2.05, 4.69) is 5.32 Å². The van der Waals surface area contributed by atoms with Crippen molar-refractivity contribution in [3.8, 4) is 5.75 Å². The summed E-state index contributed by atoms with van der Waals surface area (Å²) in [4.78, 5) is 12.0. The molecule has 2 aromatic rings. The number of nitrogens with one attached hydrogen (secondary N) is 1. The highest BCUT2D eigenvalue weighted by Crippen LogP contribution is 2.21. The summed E-state index contributed by atoms with van der Waals surface area (Å²) in [6, 6.07) is 10.9. The van der Waals surface area contributed by atoms with Crippen molar-refractivity contribution in [2.45, 2.75) is 6.92 Å². The minimum absolute atomic E-state index is 0.287. The average molecular weight is 259 g/mol. The van der Waals surface area contributed by atoms with Crippen molar-refractivity contribution < 1.29 is 13.9 Å². The number of hydrogen-bond acceptors (Lipinski definition) is 2. The van der Waals surface area contributed by atoms with Gasteiger partial charge in [-0.25, -0.2) is 4.39 Å².